The first-order chi connectivity index (χ1) is 8.61. The molecule has 0 aliphatic heterocycles. The standard InChI is InChI=1S/C11H9BrClN3O2/c1-18-8-3-2-6(4-7(8)13)16-10-9(12)11(17)15-5-14-10/h2-5H,1H3,(H2,14,15,16,17). The monoisotopic (exact) mass is 329 g/mol. The number of anilines is 2. The average molecular weight is 331 g/mol. The minimum Gasteiger partial charge on any atom is -0.495 e. The van der Waals surface area contributed by atoms with E-state index in [0.29, 0.717) is 26.8 Å². The fourth-order valence-corrected chi connectivity index (χ4v) is 1.92. The smallest absolute Gasteiger partial charge is 0.267 e. The summed E-state index contributed by atoms with van der Waals surface area (Å²) in [5.41, 5.74) is 0.451. The highest BCUT2D eigenvalue weighted by Crippen LogP contribution is 2.29. The van der Waals surface area contributed by atoms with Crippen LogP contribution in [0.15, 0.2) is 33.8 Å². The van der Waals surface area contributed by atoms with E-state index in [1.807, 2.05) is 0 Å². The maximum atomic E-state index is 11.4. The number of aromatic nitrogens is 2. The van der Waals surface area contributed by atoms with Crippen molar-refractivity contribution in [1.29, 1.82) is 0 Å². The van der Waals surface area contributed by atoms with Crippen molar-refractivity contribution in [3.63, 3.8) is 0 Å². The van der Waals surface area contributed by atoms with Crippen LogP contribution in [0.1, 0.15) is 0 Å². The Morgan fingerprint density at radius 1 is 1.50 bits per heavy atom. The molecule has 7 heteroatoms. The van der Waals surface area contributed by atoms with Gasteiger partial charge in [-0.3, -0.25) is 4.79 Å². The first-order valence-corrected chi connectivity index (χ1v) is 6.12. The molecule has 0 atom stereocenters. The van der Waals surface area contributed by atoms with E-state index in [2.05, 4.69) is 31.2 Å². The molecule has 0 radical (unpaired) electrons. The second-order valence-electron chi connectivity index (χ2n) is 3.37. The molecule has 0 saturated carbocycles. The van der Waals surface area contributed by atoms with Crippen LogP contribution >= 0.6 is 27.5 Å². The molecule has 2 rings (SSSR count). The highest BCUT2D eigenvalue weighted by atomic mass is 79.9. The minimum absolute atomic E-state index is 0.257. The van der Waals surface area contributed by atoms with Gasteiger partial charge in [-0.05, 0) is 34.1 Å². The molecule has 1 heterocycles. The number of aromatic amines is 1. The molecular weight excluding hydrogens is 321 g/mol. The largest absolute Gasteiger partial charge is 0.495 e. The normalized spacial score (nSPS) is 10.2. The number of nitrogens with zero attached hydrogens (tertiary/aromatic N) is 1. The topological polar surface area (TPSA) is 67.0 Å². The average Bonchev–Trinajstić information content (AvgIpc) is 2.35. The van der Waals surface area contributed by atoms with E-state index < -0.39 is 0 Å². The van der Waals surface area contributed by atoms with Crippen LogP contribution in [-0.2, 0) is 0 Å². The SMILES string of the molecule is COc1ccc(Nc2nc[nH]c(=O)c2Br)cc1Cl. The Morgan fingerprint density at radius 3 is 2.94 bits per heavy atom. The molecule has 1 aromatic heterocycles. The molecule has 5 nitrogen and oxygen atoms in total. The Kier molecular flexibility index (Phi) is 3.88. The summed E-state index contributed by atoms with van der Waals surface area (Å²) in [5.74, 6) is 1.00. The lowest BCUT2D eigenvalue weighted by Crippen LogP contribution is -2.10. The second kappa shape index (κ2) is 5.41. The van der Waals surface area contributed by atoms with Gasteiger partial charge in [-0.2, -0.15) is 0 Å². The summed E-state index contributed by atoms with van der Waals surface area (Å²) in [4.78, 5) is 17.8. The van der Waals surface area contributed by atoms with E-state index in [0.717, 1.165) is 0 Å². The Morgan fingerprint density at radius 2 is 2.28 bits per heavy atom. The van der Waals surface area contributed by atoms with Crippen LogP contribution in [0.25, 0.3) is 0 Å². The zero-order chi connectivity index (χ0) is 13.1. The number of ether oxygens (including phenoxy) is 1. The third-order valence-corrected chi connectivity index (χ3v) is 3.24. The molecule has 0 bridgehead atoms. The van der Waals surface area contributed by atoms with E-state index >= 15 is 0 Å². The first-order valence-electron chi connectivity index (χ1n) is 4.95. The van der Waals surface area contributed by atoms with Crippen LogP contribution < -0.4 is 15.6 Å². The zero-order valence-corrected chi connectivity index (χ0v) is 11.7. The van der Waals surface area contributed by atoms with Gasteiger partial charge in [0.2, 0.25) is 0 Å². The van der Waals surface area contributed by atoms with E-state index in [1.165, 1.54) is 6.33 Å². The van der Waals surface area contributed by atoms with Gasteiger partial charge in [0.15, 0.2) is 5.82 Å². The minimum atomic E-state index is -0.257. The van der Waals surface area contributed by atoms with Crippen molar-refractivity contribution in [3.8, 4) is 5.75 Å². The zero-order valence-electron chi connectivity index (χ0n) is 9.33. The lowest BCUT2D eigenvalue weighted by molar-refractivity contribution is 0.415. The van der Waals surface area contributed by atoms with Gasteiger partial charge in [0.05, 0.1) is 18.5 Å². The molecule has 2 aromatic rings. The highest BCUT2D eigenvalue weighted by Gasteiger charge is 2.07. The lowest BCUT2D eigenvalue weighted by Gasteiger charge is -2.08. The van der Waals surface area contributed by atoms with Crippen molar-refractivity contribution in [2.24, 2.45) is 0 Å². The maximum absolute atomic E-state index is 11.4. The van der Waals surface area contributed by atoms with Crippen LogP contribution in [0.4, 0.5) is 11.5 Å². The number of methoxy groups -OCH3 is 1. The van der Waals surface area contributed by atoms with Gasteiger partial charge in [0, 0.05) is 5.69 Å². The van der Waals surface area contributed by atoms with Crippen molar-refractivity contribution in [3.05, 3.63) is 44.4 Å². The summed E-state index contributed by atoms with van der Waals surface area (Å²) in [6.07, 6.45) is 1.32. The van der Waals surface area contributed by atoms with Gasteiger partial charge < -0.3 is 15.0 Å². The molecular formula is C11H9BrClN3O2. The van der Waals surface area contributed by atoms with Crippen LogP contribution in [-0.4, -0.2) is 17.1 Å². The third kappa shape index (κ3) is 2.65. The predicted octanol–water partition coefficient (Wildman–Crippen LogP) is 2.94. The van der Waals surface area contributed by atoms with Crippen LogP contribution in [0.5, 0.6) is 5.75 Å². The van der Waals surface area contributed by atoms with Crippen molar-refractivity contribution in [1.82, 2.24) is 9.97 Å². The molecule has 0 aliphatic rings. The number of H-pyrrole nitrogens is 1. The van der Waals surface area contributed by atoms with E-state index in [4.69, 9.17) is 16.3 Å². The van der Waals surface area contributed by atoms with E-state index in [9.17, 15) is 4.79 Å². The Bertz CT molecular complexity index is 630. The number of nitrogens with one attached hydrogen (secondary N) is 2. The van der Waals surface area contributed by atoms with Crippen molar-refractivity contribution >= 4 is 39.0 Å². The Balaban J connectivity index is 2.32. The number of rotatable bonds is 3. The van der Waals surface area contributed by atoms with E-state index in [1.54, 1.807) is 25.3 Å². The van der Waals surface area contributed by atoms with Gasteiger partial charge in [0.1, 0.15) is 10.2 Å². The summed E-state index contributed by atoms with van der Waals surface area (Å²) in [5, 5.41) is 3.46. The number of halogens is 2. The van der Waals surface area contributed by atoms with Crippen molar-refractivity contribution in [2.45, 2.75) is 0 Å². The van der Waals surface area contributed by atoms with Crippen LogP contribution in [0.3, 0.4) is 0 Å². The van der Waals surface area contributed by atoms with Gasteiger partial charge in [-0.15, -0.1) is 0 Å². The van der Waals surface area contributed by atoms with Crippen LogP contribution in [0, 0.1) is 0 Å². The summed E-state index contributed by atoms with van der Waals surface area (Å²) in [6, 6.07) is 5.20. The molecule has 1 aromatic carbocycles. The van der Waals surface area contributed by atoms with Gasteiger partial charge >= 0.3 is 0 Å². The quantitative estimate of drug-likeness (QED) is 0.908. The fourth-order valence-electron chi connectivity index (χ4n) is 1.35. The summed E-state index contributed by atoms with van der Waals surface area (Å²) in [7, 11) is 1.54. The number of benzene rings is 1. The molecule has 18 heavy (non-hydrogen) atoms. The second-order valence-corrected chi connectivity index (χ2v) is 4.57. The highest BCUT2D eigenvalue weighted by molar-refractivity contribution is 9.10. The molecule has 0 fully saturated rings. The van der Waals surface area contributed by atoms with Crippen LogP contribution in [0.2, 0.25) is 5.02 Å². The summed E-state index contributed by atoms with van der Waals surface area (Å²) < 4.78 is 5.38. The molecule has 0 saturated heterocycles. The Hall–Kier alpha value is -1.53. The molecule has 2 N–H and O–H groups in total. The van der Waals surface area contributed by atoms with Gasteiger partial charge in [-0.25, -0.2) is 4.98 Å². The predicted molar refractivity (Wildman–Crippen MR) is 73.8 cm³/mol. The first kappa shape index (κ1) is 12.9. The molecule has 0 unspecified atom stereocenters. The number of hydrogen-bond acceptors (Lipinski definition) is 4. The molecule has 0 aliphatic carbocycles. The van der Waals surface area contributed by atoms with E-state index in [-0.39, 0.29) is 5.56 Å². The summed E-state index contributed by atoms with van der Waals surface area (Å²) >= 11 is 9.16. The lowest BCUT2D eigenvalue weighted by atomic mass is 10.3. The molecule has 0 amide bonds. The van der Waals surface area contributed by atoms with Gasteiger partial charge in [-0.1, -0.05) is 11.6 Å². The van der Waals surface area contributed by atoms with Crippen molar-refractivity contribution in [2.75, 3.05) is 12.4 Å². The van der Waals surface area contributed by atoms with Gasteiger partial charge in [0.25, 0.3) is 5.56 Å². The Labute approximate surface area is 116 Å². The fraction of sp³-hybridized carbons (Fsp3) is 0.0909. The number of hydrogen-bond donors (Lipinski definition) is 2. The molecule has 0 spiro atoms. The maximum Gasteiger partial charge on any atom is 0.267 e. The molecule has 94 valence electrons. The summed E-state index contributed by atoms with van der Waals surface area (Å²) in [6.45, 7) is 0. The van der Waals surface area contributed by atoms with Crippen molar-refractivity contribution < 1.29 is 4.74 Å². The third-order valence-electron chi connectivity index (χ3n) is 2.21.